The molecule has 0 saturated heterocycles. The van der Waals surface area contributed by atoms with Crippen LogP contribution >= 0.6 is 11.3 Å². The van der Waals surface area contributed by atoms with Gasteiger partial charge in [0.1, 0.15) is 5.75 Å². The molecule has 0 spiro atoms. The van der Waals surface area contributed by atoms with Crippen molar-refractivity contribution in [3.05, 3.63) is 51.5 Å². The van der Waals surface area contributed by atoms with Crippen LogP contribution in [-0.4, -0.2) is 29.5 Å². The number of amides is 1. The van der Waals surface area contributed by atoms with E-state index in [0.29, 0.717) is 11.6 Å². The van der Waals surface area contributed by atoms with Crippen molar-refractivity contribution in [2.75, 3.05) is 24.3 Å². The van der Waals surface area contributed by atoms with Crippen LogP contribution in [0.2, 0.25) is 0 Å². The van der Waals surface area contributed by atoms with Crippen LogP contribution in [0.3, 0.4) is 0 Å². The minimum atomic E-state index is -0.518. The van der Waals surface area contributed by atoms with E-state index in [1.807, 2.05) is 18.2 Å². The van der Waals surface area contributed by atoms with Crippen LogP contribution in [0.1, 0.15) is 24.8 Å². The summed E-state index contributed by atoms with van der Waals surface area (Å²) < 4.78 is 6.19. The van der Waals surface area contributed by atoms with Crippen molar-refractivity contribution in [1.82, 2.24) is 4.98 Å². The van der Waals surface area contributed by atoms with Gasteiger partial charge in [-0.3, -0.25) is 14.9 Å². The summed E-state index contributed by atoms with van der Waals surface area (Å²) in [5.41, 5.74) is 2.03. The van der Waals surface area contributed by atoms with Crippen molar-refractivity contribution >= 4 is 44.5 Å². The number of non-ortho nitro benzene ring substituents is 1. The van der Waals surface area contributed by atoms with Gasteiger partial charge in [-0.2, -0.15) is 0 Å². The molecule has 3 aromatic rings. The summed E-state index contributed by atoms with van der Waals surface area (Å²) in [6.45, 7) is 4.25. The average Bonchev–Trinajstić information content (AvgIpc) is 3.10. The number of nitro benzene ring substituents is 1. The number of hydrogen-bond acceptors (Lipinski definition) is 7. The zero-order valence-corrected chi connectivity index (χ0v) is 16.5. The molecule has 146 valence electrons. The summed E-state index contributed by atoms with van der Waals surface area (Å²) in [5, 5.41) is 17.7. The predicted octanol–water partition coefficient (Wildman–Crippen LogP) is 4.39. The molecule has 9 heteroatoms. The zero-order valence-electron chi connectivity index (χ0n) is 15.7. The molecule has 8 nitrogen and oxygen atoms in total. The lowest BCUT2D eigenvalue weighted by Crippen LogP contribution is -2.22. The van der Waals surface area contributed by atoms with Gasteiger partial charge < -0.3 is 15.4 Å². The summed E-state index contributed by atoms with van der Waals surface area (Å²) in [7, 11) is 1.39. The van der Waals surface area contributed by atoms with Gasteiger partial charge >= 0.3 is 0 Å². The number of ether oxygens (including phenoxy) is 1. The van der Waals surface area contributed by atoms with Crippen LogP contribution in [-0.2, 0) is 4.79 Å². The minimum Gasteiger partial charge on any atom is -0.494 e. The van der Waals surface area contributed by atoms with Crippen molar-refractivity contribution in [3.8, 4) is 5.75 Å². The van der Waals surface area contributed by atoms with E-state index in [1.165, 1.54) is 25.3 Å². The monoisotopic (exact) mass is 400 g/mol. The largest absolute Gasteiger partial charge is 0.494 e. The second-order valence-corrected chi connectivity index (χ2v) is 7.49. The van der Waals surface area contributed by atoms with E-state index in [-0.39, 0.29) is 23.9 Å². The van der Waals surface area contributed by atoms with Gasteiger partial charge in [0.15, 0.2) is 0 Å². The fourth-order valence-electron chi connectivity index (χ4n) is 2.57. The molecule has 1 heterocycles. The fourth-order valence-corrected chi connectivity index (χ4v) is 3.58. The number of nitrogens with one attached hydrogen (secondary N) is 2. The highest BCUT2D eigenvalue weighted by molar-refractivity contribution is 7.18. The minimum absolute atomic E-state index is 0.0431. The fraction of sp³-hybridized carbons (Fsp3) is 0.263. The summed E-state index contributed by atoms with van der Waals surface area (Å²) in [4.78, 5) is 27.2. The van der Waals surface area contributed by atoms with Gasteiger partial charge in [-0.25, -0.2) is 4.98 Å². The number of anilines is 2. The first-order chi connectivity index (χ1) is 13.4. The summed E-state index contributed by atoms with van der Waals surface area (Å²) >= 11 is 1.64. The number of fused-ring (bicyclic) bond motifs is 1. The van der Waals surface area contributed by atoms with Crippen LogP contribution in [0.5, 0.6) is 5.75 Å². The standard InChI is InChI=1S/C19H20N4O4S/c1-11(2)19-22-15-6-4-12(8-17(15)28-19)20-10-18(24)21-14-7-5-13(23(25)26)9-16(14)27-3/h4-9,11,20H,10H2,1-3H3,(H,21,24). The lowest BCUT2D eigenvalue weighted by Gasteiger charge is -2.11. The first kappa shape index (κ1) is 19.6. The molecule has 0 saturated carbocycles. The van der Waals surface area contributed by atoms with Crippen molar-refractivity contribution < 1.29 is 14.5 Å². The second-order valence-electron chi connectivity index (χ2n) is 6.43. The SMILES string of the molecule is COc1cc([N+](=O)[O-])ccc1NC(=O)CNc1ccc2nc(C(C)C)sc2c1. The number of carbonyl (C=O) groups excluding carboxylic acids is 1. The van der Waals surface area contributed by atoms with Gasteiger partial charge in [0, 0.05) is 17.7 Å². The summed E-state index contributed by atoms with van der Waals surface area (Å²) in [6, 6.07) is 9.82. The Balaban J connectivity index is 1.65. The summed E-state index contributed by atoms with van der Waals surface area (Å²) in [5.74, 6) is 0.311. The molecular weight excluding hydrogens is 380 g/mol. The Hall–Kier alpha value is -3.20. The Bertz CT molecular complexity index is 1030. The Kier molecular flexibility index (Phi) is 5.74. The van der Waals surface area contributed by atoms with Gasteiger partial charge in [0.25, 0.3) is 5.69 Å². The van der Waals surface area contributed by atoms with Gasteiger partial charge in [-0.15, -0.1) is 11.3 Å². The van der Waals surface area contributed by atoms with Crippen molar-refractivity contribution in [3.63, 3.8) is 0 Å². The number of thiazole rings is 1. The maximum Gasteiger partial charge on any atom is 0.273 e. The van der Waals surface area contributed by atoms with Crippen LogP contribution in [0.15, 0.2) is 36.4 Å². The number of hydrogen-bond donors (Lipinski definition) is 2. The van der Waals surface area contributed by atoms with Crippen LogP contribution in [0.4, 0.5) is 17.1 Å². The molecule has 0 atom stereocenters. The summed E-state index contributed by atoms with van der Waals surface area (Å²) in [6.07, 6.45) is 0. The van der Waals surface area contributed by atoms with Crippen LogP contribution in [0.25, 0.3) is 10.2 Å². The van der Waals surface area contributed by atoms with Crippen molar-refractivity contribution in [2.24, 2.45) is 0 Å². The number of benzene rings is 2. The van der Waals surface area contributed by atoms with Crippen molar-refractivity contribution in [2.45, 2.75) is 19.8 Å². The molecule has 0 bridgehead atoms. The molecule has 28 heavy (non-hydrogen) atoms. The first-order valence-electron chi connectivity index (χ1n) is 8.64. The van der Waals surface area contributed by atoms with Crippen molar-refractivity contribution in [1.29, 1.82) is 0 Å². The molecule has 2 aromatic carbocycles. The van der Waals surface area contributed by atoms with E-state index >= 15 is 0 Å². The molecule has 1 amide bonds. The first-order valence-corrected chi connectivity index (χ1v) is 9.45. The lowest BCUT2D eigenvalue weighted by atomic mass is 10.2. The average molecular weight is 400 g/mol. The van der Waals surface area contributed by atoms with Gasteiger partial charge in [0.05, 0.1) is 45.6 Å². The molecule has 0 fully saturated rings. The van der Waals surface area contributed by atoms with E-state index in [1.54, 1.807) is 11.3 Å². The molecule has 1 aromatic heterocycles. The maximum absolute atomic E-state index is 12.3. The molecule has 0 aliphatic carbocycles. The van der Waals surface area contributed by atoms with Gasteiger partial charge in [-0.05, 0) is 24.3 Å². The Morgan fingerprint density at radius 3 is 2.75 bits per heavy atom. The topological polar surface area (TPSA) is 106 Å². The Morgan fingerprint density at radius 1 is 1.29 bits per heavy atom. The molecule has 0 unspecified atom stereocenters. The van der Waals surface area contributed by atoms with E-state index in [9.17, 15) is 14.9 Å². The lowest BCUT2D eigenvalue weighted by molar-refractivity contribution is -0.384. The van der Waals surface area contributed by atoms with E-state index in [4.69, 9.17) is 4.74 Å². The molecule has 0 aliphatic heterocycles. The van der Waals surface area contributed by atoms with E-state index < -0.39 is 4.92 Å². The Labute approximate surface area is 165 Å². The highest BCUT2D eigenvalue weighted by Crippen LogP contribution is 2.30. The third-order valence-electron chi connectivity index (χ3n) is 4.02. The highest BCUT2D eigenvalue weighted by Gasteiger charge is 2.13. The number of rotatable bonds is 7. The molecule has 2 N–H and O–H groups in total. The Morgan fingerprint density at radius 2 is 2.07 bits per heavy atom. The number of methoxy groups -OCH3 is 1. The number of nitrogens with zero attached hydrogens (tertiary/aromatic N) is 2. The molecule has 0 aliphatic rings. The van der Waals surface area contributed by atoms with Gasteiger partial charge in [-0.1, -0.05) is 13.8 Å². The number of carbonyl (C=O) groups is 1. The van der Waals surface area contributed by atoms with E-state index in [0.717, 1.165) is 20.9 Å². The molecule has 3 rings (SSSR count). The quantitative estimate of drug-likeness (QED) is 0.450. The van der Waals surface area contributed by atoms with E-state index in [2.05, 4.69) is 29.5 Å². The van der Waals surface area contributed by atoms with Gasteiger partial charge in [0.2, 0.25) is 5.91 Å². The smallest absolute Gasteiger partial charge is 0.273 e. The maximum atomic E-state index is 12.3. The predicted molar refractivity (Wildman–Crippen MR) is 110 cm³/mol. The number of aromatic nitrogens is 1. The number of nitro groups is 1. The molecule has 0 radical (unpaired) electrons. The highest BCUT2D eigenvalue weighted by atomic mass is 32.1. The van der Waals surface area contributed by atoms with Crippen LogP contribution < -0.4 is 15.4 Å². The normalized spacial score (nSPS) is 10.9. The zero-order chi connectivity index (χ0) is 20.3. The third-order valence-corrected chi connectivity index (χ3v) is 5.34. The third kappa shape index (κ3) is 4.37. The molecular formula is C19H20N4O4S. The van der Waals surface area contributed by atoms with Crippen LogP contribution in [0, 0.1) is 10.1 Å². The second kappa shape index (κ2) is 8.22.